The van der Waals surface area contributed by atoms with Crippen molar-refractivity contribution in [2.75, 3.05) is 5.73 Å². The Morgan fingerprint density at radius 2 is 1.71 bits per heavy atom. The number of rotatable bonds is 3. The molecular formula is C16H16N4O. The number of nitrogens with two attached hydrogens (primary N) is 1. The van der Waals surface area contributed by atoms with Crippen LogP contribution in [0, 0.1) is 0 Å². The average Bonchev–Trinajstić information content (AvgIpc) is 2.99. The lowest BCUT2D eigenvalue weighted by molar-refractivity contribution is 0.407. The molecule has 3 aromatic rings. The average molecular weight is 280 g/mol. The first-order valence-corrected chi connectivity index (χ1v) is 6.70. The summed E-state index contributed by atoms with van der Waals surface area (Å²) in [5.41, 5.74) is 7.04. The summed E-state index contributed by atoms with van der Waals surface area (Å²) in [4.78, 5) is 8.67. The molecule has 0 fully saturated rings. The lowest BCUT2D eigenvalue weighted by atomic mass is 9.84. The summed E-state index contributed by atoms with van der Waals surface area (Å²) < 4.78 is 5.33. The molecule has 3 rings (SSSR count). The normalized spacial score (nSPS) is 11.5. The smallest absolute Gasteiger partial charge is 0.276 e. The molecule has 0 atom stereocenters. The van der Waals surface area contributed by atoms with E-state index in [1.165, 1.54) is 0 Å². The van der Waals surface area contributed by atoms with Gasteiger partial charge in [0.05, 0.1) is 5.41 Å². The number of pyridine rings is 1. The van der Waals surface area contributed by atoms with Gasteiger partial charge < -0.3 is 10.3 Å². The molecule has 5 heteroatoms. The van der Waals surface area contributed by atoms with E-state index in [4.69, 9.17) is 10.3 Å². The topological polar surface area (TPSA) is 77.8 Å². The zero-order valence-corrected chi connectivity index (χ0v) is 11.9. The van der Waals surface area contributed by atoms with Gasteiger partial charge in [-0.05, 0) is 31.5 Å². The van der Waals surface area contributed by atoms with Crippen molar-refractivity contribution >= 4 is 5.82 Å². The van der Waals surface area contributed by atoms with Crippen molar-refractivity contribution in [3.05, 3.63) is 59.9 Å². The Labute approximate surface area is 122 Å². The molecule has 2 aromatic heterocycles. The van der Waals surface area contributed by atoms with Crippen LogP contribution < -0.4 is 5.73 Å². The minimum Gasteiger partial charge on any atom is -0.384 e. The maximum Gasteiger partial charge on any atom is 0.276 e. The summed E-state index contributed by atoms with van der Waals surface area (Å²) in [6.45, 7) is 4.12. The number of nitrogens with zero attached hydrogens (tertiary/aromatic N) is 3. The van der Waals surface area contributed by atoms with E-state index in [1.807, 2.05) is 24.3 Å². The van der Waals surface area contributed by atoms with Gasteiger partial charge in [0.1, 0.15) is 11.5 Å². The van der Waals surface area contributed by atoms with Crippen LogP contribution in [0.2, 0.25) is 0 Å². The van der Waals surface area contributed by atoms with Gasteiger partial charge in [-0.25, -0.2) is 4.98 Å². The maximum absolute atomic E-state index is 5.68. The fraction of sp³-hybridized carbons (Fsp3) is 0.188. The molecule has 106 valence electrons. The highest BCUT2D eigenvalue weighted by Crippen LogP contribution is 2.30. The first-order chi connectivity index (χ1) is 10.1. The van der Waals surface area contributed by atoms with Crippen molar-refractivity contribution in [3.63, 3.8) is 0 Å². The van der Waals surface area contributed by atoms with Gasteiger partial charge in [-0.15, -0.1) is 0 Å². The molecule has 21 heavy (non-hydrogen) atoms. The Balaban J connectivity index is 1.98. The van der Waals surface area contributed by atoms with E-state index in [-0.39, 0.29) is 5.41 Å². The highest BCUT2D eigenvalue weighted by atomic mass is 16.5. The SMILES string of the molecule is CC(C)(c1ccccc1)c1noc(-c2cccc(N)n2)n1. The molecule has 0 aliphatic rings. The number of anilines is 1. The molecule has 5 nitrogen and oxygen atoms in total. The third kappa shape index (κ3) is 2.50. The Morgan fingerprint density at radius 1 is 0.952 bits per heavy atom. The summed E-state index contributed by atoms with van der Waals surface area (Å²) in [6.07, 6.45) is 0. The second-order valence-corrected chi connectivity index (χ2v) is 5.36. The van der Waals surface area contributed by atoms with E-state index < -0.39 is 0 Å². The highest BCUT2D eigenvalue weighted by Gasteiger charge is 2.29. The van der Waals surface area contributed by atoms with E-state index in [1.54, 1.807) is 12.1 Å². The molecule has 0 spiro atoms. The zero-order chi connectivity index (χ0) is 14.9. The number of aromatic nitrogens is 3. The Morgan fingerprint density at radius 3 is 2.43 bits per heavy atom. The van der Waals surface area contributed by atoms with E-state index >= 15 is 0 Å². The van der Waals surface area contributed by atoms with Gasteiger partial charge in [-0.3, -0.25) is 0 Å². The van der Waals surface area contributed by atoms with Gasteiger partial charge in [0.15, 0.2) is 5.82 Å². The molecule has 0 radical (unpaired) electrons. The fourth-order valence-electron chi connectivity index (χ4n) is 2.14. The van der Waals surface area contributed by atoms with Crippen molar-refractivity contribution in [3.8, 4) is 11.6 Å². The summed E-state index contributed by atoms with van der Waals surface area (Å²) in [7, 11) is 0. The van der Waals surface area contributed by atoms with Gasteiger partial charge in [0, 0.05) is 0 Å². The van der Waals surface area contributed by atoms with Gasteiger partial charge in [-0.1, -0.05) is 41.6 Å². The Bertz CT molecular complexity index is 750. The quantitative estimate of drug-likeness (QED) is 0.797. The first-order valence-electron chi connectivity index (χ1n) is 6.70. The third-order valence-corrected chi connectivity index (χ3v) is 3.47. The fourth-order valence-corrected chi connectivity index (χ4v) is 2.14. The second kappa shape index (κ2) is 5.01. The van der Waals surface area contributed by atoms with Crippen LogP contribution in [0.5, 0.6) is 0 Å². The molecule has 0 amide bonds. The van der Waals surface area contributed by atoms with Crippen molar-refractivity contribution in [1.82, 2.24) is 15.1 Å². The molecule has 2 N–H and O–H groups in total. The van der Waals surface area contributed by atoms with Gasteiger partial charge >= 0.3 is 0 Å². The predicted octanol–water partition coefficient (Wildman–Crippen LogP) is 3.04. The van der Waals surface area contributed by atoms with Crippen LogP contribution in [0.3, 0.4) is 0 Å². The monoisotopic (exact) mass is 280 g/mol. The van der Waals surface area contributed by atoms with E-state index in [9.17, 15) is 0 Å². The molecule has 0 aliphatic heterocycles. The van der Waals surface area contributed by atoms with Crippen molar-refractivity contribution < 1.29 is 4.52 Å². The molecule has 0 unspecified atom stereocenters. The van der Waals surface area contributed by atoms with Crippen LogP contribution in [-0.4, -0.2) is 15.1 Å². The summed E-state index contributed by atoms with van der Waals surface area (Å²) in [5, 5.41) is 4.10. The summed E-state index contributed by atoms with van der Waals surface area (Å²) >= 11 is 0. The van der Waals surface area contributed by atoms with Crippen LogP contribution >= 0.6 is 0 Å². The predicted molar refractivity (Wildman–Crippen MR) is 80.5 cm³/mol. The largest absolute Gasteiger partial charge is 0.384 e. The lowest BCUT2D eigenvalue weighted by Crippen LogP contribution is -2.20. The molecular weight excluding hydrogens is 264 g/mol. The van der Waals surface area contributed by atoms with Crippen molar-refractivity contribution in [2.45, 2.75) is 19.3 Å². The Kier molecular flexibility index (Phi) is 3.17. The van der Waals surface area contributed by atoms with Crippen LogP contribution in [0.1, 0.15) is 25.2 Å². The van der Waals surface area contributed by atoms with Crippen molar-refractivity contribution in [1.29, 1.82) is 0 Å². The third-order valence-electron chi connectivity index (χ3n) is 3.47. The zero-order valence-electron chi connectivity index (χ0n) is 11.9. The summed E-state index contributed by atoms with van der Waals surface area (Å²) in [6, 6.07) is 15.4. The molecule has 1 aromatic carbocycles. The van der Waals surface area contributed by atoms with Crippen LogP contribution in [-0.2, 0) is 5.41 Å². The molecule has 0 saturated carbocycles. The lowest BCUT2D eigenvalue weighted by Gasteiger charge is -2.20. The molecule has 0 aliphatic carbocycles. The van der Waals surface area contributed by atoms with Gasteiger partial charge in [0.25, 0.3) is 5.89 Å². The Hall–Kier alpha value is -2.69. The van der Waals surface area contributed by atoms with Gasteiger partial charge in [-0.2, -0.15) is 4.98 Å². The van der Waals surface area contributed by atoms with Crippen LogP contribution in [0.25, 0.3) is 11.6 Å². The minimum atomic E-state index is -0.344. The highest BCUT2D eigenvalue weighted by molar-refractivity contribution is 5.50. The first kappa shape index (κ1) is 13.3. The van der Waals surface area contributed by atoms with E-state index in [2.05, 4.69) is 41.1 Å². The minimum absolute atomic E-state index is 0.344. The maximum atomic E-state index is 5.68. The molecule has 0 saturated heterocycles. The van der Waals surface area contributed by atoms with Crippen LogP contribution in [0.15, 0.2) is 53.1 Å². The number of hydrogen-bond donors (Lipinski definition) is 1. The second-order valence-electron chi connectivity index (χ2n) is 5.36. The van der Waals surface area contributed by atoms with Crippen molar-refractivity contribution in [2.24, 2.45) is 0 Å². The number of benzene rings is 1. The number of hydrogen-bond acceptors (Lipinski definition) is 5. The van der Waals surface area contributed by atoms with E-state index in [0.29, 0.717) is 23.2 Å². The van der Waals surface area contributed by atoms with Gasteiger partial charge in [0.2, 0.25) is 0 Å². The summed E-state index contributed by atoms with van der Waals surface area (Å²) in [5.74, 6) is 1.42. The molecule has 2 heterocycles. The standard InChI is InChI=1S/C16H16N4O/c1-16(2,11-7-4-3-5-8-11)15-19-14(21-20-15)12-9-6-10-13(17)18-12/h3-10H,1-2H3,(H2,17,18). The van der Waals surface area contributed by atoms with Crippen LogP contribution in [0.4, 0.5) is 5.82 Å². The molecule has 0 bridgehead atoms. The van der Waals surface area contributed by atoms with E-state index in [0.717, 1.165) is 5.56 Å². The number of nitrogen functional groups attached to an aromatic ring is 1.